The van der Waals surface area contributed by atoms with Crippen molar-refractivity contribution in [1.29, 1.82) is 0 Å². The third-order valence-corrected chi connectivity index (χ3v) is 7.60. The van der Waals surface area contributed by atoms with Crippen molar-refractivity contribution in [2.24, 2.45) is 17.8 Å². The molecule has 0 saturated heterocycles. The van der Waals surface area contributed by atoms with E-state index in [0.29, 0.717) is 0 Å². The molecule has 2 aliphatic rings. The van der Waals surface area contributed by atoms with E-state index < -0.39 is 0 Å². The molecule has 1 heteroatoms. The van der Waals surface area contributed by atoms with Gasteiger partial charge in [0.25, 0.3) is 0 Å². The molecule has 0 unspecified atom stereocenters. The van der Waals surface area contributed by atoms with Gasteiger partial charge in [-0.05, 0) is 73.5 Å². The van der Waals surface area contributed by atoms with E-state index in [4.69, 9.17) is 5.73 Å². The van der Waals surface area contributed by atoms with Crippen LogP contribution in [0.1, 0.15) is 115 Å². The Bertz CT molecular complexity index is 504. The van der Waals surface area contributed by atoms with Crippen molar-refractivity contribution in [2.45, 2.75) is 109 Å². The summed E-state index contributed by atoms with van der Waals surface area (Å²) >= 11 is 0. The van der Waals surface area contributed by atoms with Crippen molar-refractivity contribution in [3.8, 4) is 0 Å². The van der Waals surface area contributed by atoms with Gasteiger partial charge in [0.2, 0.25) is 0 Å². The fraction of sp³-hybridized carbons (Fsp3) is 0.769. The van der Waals surface area contributed by atoms with Crippen LogP contribution in [0.3, 0.4) is 0 Å². The molecule has 27 heavy (non-hydrogen) atoms. The van der Waals surface area contributed by atoms with E-state index in [1.54, 1.807) is 0 Å². The topological polar surface area (TPSA) is 26.0 Å². The summed E-state index contributed by atoms with van der Waals surface area (Å²) < 4.78 is 0. The summed E-state index contributed by atoms with van der Waals surface area (Å²) in [6.45, 7) is 2.31. The molecule has 152 valence electrons. The van der Waals surface area contributed by atoms with Crippen molar-refractivity contribution in [1.82, 2.24) is 0 Å². The molecule has 0 heterocycles. The maximum atomic E-state index is 5.84. The smallest absolute Gasteiger partial charge is 0.0314 e. The Morgan fingerprint density at radius 1 is 0.704 bits per heavy atom. The highest BCUT2D eigenvalue weighted by molar-refractivity contribution is 5.40. The first-order valence-corrected chi connectivity index (χ1v) is 12.1. The summed E-state index contributed by atoms with van der Waals surface area (Å²) in [4.78, 5) is 0. The summed E-state index contributed by atoms with van der Waals surface area (Å²) in [5, 5.41) is 0. The first kappa shape index (κ1) is 20.7. The summed E-state index contributed by atoms with van der Waals surface area (Å²) in [6.07, 6.45) is 22.1. The zero-order chi connectivity index (χ0) is 18.9. The minimum absolute atomic E-state index is 0.783. The van der Waals surface area contributed by atoms with Crippen LogP contribution >= 0.6 is 0 Å². The molecular formula is C26H43N. The van der Waals surface area contributed by atoms with Gasteiger partial charge < -0.3 is 5.73 Å². The fourth-order valence-electron chi connectivity index (χ4n) is 5.76. The van der Waals surface area contributed by atoms with Gasteiger partial charge in [0, 0.05) is 5.69 Å². The molecule has 1 aromatic carbocycles. The molecule has 1 nitrogen and oxygen atoms in total. The monoisotopic (exact) mass is 369 g/mol. The van der Waals surface area contributed by atoms with E-state index in [9.17, 15) is 0 Å². The van der Waals surface area contributed by atoms with E-state index in [1.165, 1.54) is 102 Å². The maximum absolute atomic E-state index is 5.84. The second-order valence-electron chi connectivity index (χ2n) is 9.71. The number of nitrogen functional groups attached to an aromatic ring is 1. The second kappa shape index (κ2) is 11.1. The lowest BCUT2D eigenvalue weighted by Crippen LogP contribution is -2.20. The summed E-state index contributed by atoms with van der Waals surface area (Å²) in [7, 11) is 0. The van der Waals surface area contributed by atoms with Crippen LogP contribution in [0.4, 0.5) is 5.69 Å². The van der Waals surface area contributed by atoms with Crippen LogP contribution in [0.25, 0.3) is 0 Å². The van der Waals surface area contributed by atoms with Gasteiger partial charge in [-0.25, -0.2) is 0 Å². The SMILES string of the molecule is CCCCCCCC1CCC(CC2CCC(c3ccc(N)cc3)CC2)CC1. The van der Waals surface area contributed by atoms with Crippen LogP contribution in [0, 0.1) is 17.8 Å². The molecule has 0 amide bonds. The lowest BCUT2D eigenvalue weighted by Gasteiger charge is -2.34. The van der Waals surface area contributed by atoms with Gasteiger partial charge in [0.1, 0.15) is 0 Å². The number of rotatable bonds is 9. The third-order valence-electron chi connectivity index (χ3n) is 7.60. The normalized spacial score (nSPS) is 28.9. The van der Waals surface area contributed by atoms with Gasteiger partial charge in [-0.1, -0.05) is 83.3 Å². The summed E-state index contributed by atoms with van der Waals surface area (Å²) in [5.74, 6) is 3.89. The van der Waals surface area contributed by atoms with E-state index >= 15 is 0 Å². The number of unbranched alkanes of at least 4 members (excludes halogenated alkanes) is 4. The minimum atomic E-state index is 0.783. The van der Waals surface area contributed by atoms with Crippen LogP contribution in [0.5, 0.6) is 0 Å². The van der Waals surface area contributed by atoms with Crippen molar-refractivity contribution < 1.29 is 0 Å². The van der Waals surface area contributed by atoms with Crippen LogP contribution in [0.2, 0.25) is 0 Å². The molecule has 2 N–H and O–H groups in total. The van der Waals surface area contributed by atoms with E-state index in [-0.39, 0.29) is 0 Å². The van der Waals surface area contributed by atoms with Gasteiger partial charge >= 0.3 is 0 Å². The Kier molecular flexibility index (Phi) is 8.55. The van der Waals surface area contributed by atoms with Crippen LogP contribution in [-0.4, -0.2) is 0 Å². The quantitative estimate of drug-likeness (QED) is 0.345. The van der Waals surface area contributed by atoms with E-state index in [0.717, 1.165) is 29.4 Å². The summed E-state index contributed by atoms with van der Waals surface area (Å²) in [6, 6.07) is 8.65. The number of hydrogen-bond donors (Lipinski definition) is 1. The number of benzene rings is 1. The summed E-state index contributed by atoms with van der Waals surface area (Å²) in [5.41, 5.74) is 8.25. The van der Waals surface area contributed by atoms with Gasteiger partial charge in [-0.15, -0.1) is 0 Å². The highest BCUT2D eigenvalue weighted by Crippen LogP contribution is 2.41. The zero-order valence-corrected chi connectivity index (χ0v) is 17.8. The lowest BCUT2D eigenvalue weighted by molar-refractivity contribution is 0.199. The van der Waals surface area contributed by atoms with Gasteiger partial charge in [-0.2, -0.15) is 0 Å². The molecule has 0 aliphatic heterocycles. The fourth-order valence-corrected chi connectivity index (χ4v) is 5.76. The Hall–Kier alpha value is -0.980. The lowest BCUT2D eigenvalue weighted by atomic mass is 9.71. The molecule has 0 aromatic heterocycles. The predicted molar refractivity (Wildman–Crippen MR) is 119 cm³/mol. The Morgan fingerprint density at radius 2 is 1.26 bits per heavy atom. The molecule has 1 aromatic rings. The third kappa shape index (κ3) is 6.84. The van der Waals surface area contributed by atoms with Crippen molar-refractivity contribution in [3.63, 3.8) is 0 Å². The largest absolute Gasteiger partial charge is 0.399 e. The Labute approximate surface area is 168 Å². The first-order chi connectivity index (χ1) is 13.2. The molecule has 2 fully saturated rings. The van der Waals surface area contributed by atoms with E-state index in [2.05, 4.69) is 31.2 Å². The molecule has 2 saturated carbocycles. The molecule has 0 spiro atoms. The second-order valence-corrected chi connectivity index (χ2v) is 9.71. The van der Waals surface area contributed by atoms with Crippen molar-refractivity contribution >= 4 is 5.69 Å². The number of hydrogen-bond acceptors (Lipinski definition) is 1. The Morgan fingerprint density at radius 3 is 1.89 bits per heavy atom. The maximum Gasteiger partial charge on any atom is 0.0314 e. The first-order valence-electron chi connectivity index (χ1n) is 12.1. The molecule has 0 bridgehead atoms. The molecule has 0 atom stereocenters. The molecule has 0 radical (unpaired) electrons. The number of anilines is 1. The minimum Gasteiger partial charge on any atom is -0.399 e. The van der Waals surface area contributed by atoms with Crippen LogP contribution in [0.15, 0.2) is 24.3 Å². The molecular weight excluding hydrogens is 326 g/mol. The van der Waals surface area contributed by atoms with Gasteiger partial charge in [0.15, 0.2) is 0 Å². The zero-order valence-electron chi connectivity index (χ0n) is 17.8. The van der Waals surface area contributed by atoms with Crippen molar-refractivity contribution in [2.75, 3.05) is 5.73 Å². The average Bonchev–Trinajstić information content (AvgIpc) is 2.70. The highest BCUT2D eigenvalue weighted by Gasteiger charge is 2.27. The number of nitrogens with two attached hydrogens (primary N) is 1. The van der Waals surface area contributed by atoms with Crippen LogP contribution in [-0.2, 0) is 0 Å². The predicted octanol–water partition coefficient (Wildman–Crippen LogP) is 8.10. The average molecular weight is 370 g/mol. The standard InChI is InChI=1S/C26H43N/c1-2-3-4-5-6-7-21-8-10-22(11-9-21)20-23-12-14-24(15-13-23)25-16-18-26(27)19-17-25/h16-19,21-24H,2-15,20,27H2,1H3. The van der Waals surface area contributed by atoms with E-state index in [1.807, 2.05) is 0 Å². The Balaban J connectivity index is 1.29. The highest BCUT2D eigenvalue weighted by atomic mass is 14.5. The molecule has 3 rings (SSSR count). The van der Waals surface area contributed by atoms with Gasteiger partial charge in [-0.3, -0.25) is 0 Å². The molecule has 2 aliphatic carbocycles. The van der Waals surface area contributed by atoms with Crippen LogP contribution < -0.4 is 5.73 Å². The van der Waals surface area contributed by atoms with Crippen molar-refractivity contribution in [3.05, 3.63) is 29.8 Å². The van der Waals surface area contributed by atoms with Gasteiger partial charge in [0.05, 0.1) is 0 Å².